The SMILES string of the molecule is COc1c(CN[C@@H]2CC(C)(C)Cc3oc(C)cc32)c(C)nn1C. The molecule has 1 aliphatic carbocycles. The maximum Gasteiger partial charge on any atom is 0.216 e. The molecule has 2 aromatic heterocycles. The highest BCUT2D eigenvalue weighted by Gasteiger charge is 2.34. The van der Waals surface area contributed by atoms with Crippen LogP contribution in [0.15, 0.2) is 10.5 Å². The van der Waals surface area contributed by atoms with Gasteiger partial charge in [-0.05, 0) is 31.7 Å². The Hall–Kier alpha value is -1.75. The van der Waals surface area contributed by atoms with E-state index >= 15 is 0 Å². The van der Waals surface area contributed by atoms with E-state index in [9.17, 15) is 0 Å². The van der Waals surface area contributed by atoms with Crippen molar-refractivity contribution < 1.29 is 9.15 Å². The van der Waals surface area contributed by atoms with Crippen molar-refractivity contribution >= 4 is 0 Å². The van der Waals surface area contributed by atoms with Crippen molar-refractivity contribution in [1.82, 2.24) is 15.1 Å². The molecule has 3 rings (SSSR count). The van der Waals surface area contributed by atoms with Gasteiger partial charge in [0.2, 0.25) is 5.88 Å². The predicted octanol–water partition coefficient (Wildman–Crippen LogP) is 3.44. The molecule has 0 fully saturated rings. The molecule has 1 aliphatic rings. The van der Waals surface area contributed by atoms with Gasteiger partial charge in [-0.15, -0.1) is 0 Å². The van der Waals surface area contributed by atoms with Gasteiger partial charge in [0.05, 0.1) is 18.4 Å². The third-order valence-corrected chi connectivity index (χ3v) is 4.74. The Morgan fingerprint density at radius 2 is 2.17 bits per heavy atom. The number of ether oxygens (including phenoxy) is 1. The van der Waals surface area contributed by atoms with Crippen molar-refractivity contribution in [2.45, 2.75) is 53.1 Å². The van der Waals surface area contributed by atoms with Crippen molar-refractivity contribution in [3.63, 3.8) is 0 Å². The van der Waals surface area contributed by atoms with E-state index < -0.39 is 0 Å². The molecule has 0 bridgehead atoms. The van der Waals surface area contributed by atoms with E-state index in [-0.39, 0.29) is 5.41 Å². The summed E-state index contributed by atoms with van der Waals surface area (Å²) in [5, 5.41) is 8.15. The van der Waals surface area contributed by atoms with Crippen molar-refractivity contribution in [1.29, 1.82) is 0 Å². The number of fused-ring (bicyclic) bond motifs is 1. The minimum absolute atomic E-state index is 0.239. The van der Waals surface area contributed by atoms with E-state index in [1.165, 1.54) is 5.56 Å². The molecular formula is C18H27N3O2. The Bertz CT molecular complexity index is 712. The molecule has 5 nitrogen and oxygen atoms in total. The first-order valence-electron chi connectivity index (χ1n) is 8.20. The van der Waals surface area contributed by atoms with Gasteiger partial charge in [0.25, 0.3) is 0 Å². The van der Waals surface area contributed by atoms with Crippen molar-refractivity contribution in [3.05, 3.63) is 34.4 Å². The molecule has 0 radical (unpaired) electrons. The monoisotopic (exact) mass is 317 g/mol. The van der Waals surface area contributed by atoms with E-state index in [1.54, 1.807) is 11.8 Å². The number of nitrogens with one attached hydrogen (secondary N) is 1. The molecule has 0 amide bonds. The lowest BCUT2D eigenvalue weighted by molar-refractivity contribution is 0.233. The lowest BCUT2D eigenvalue weighted by atomic mass is 9.74. The second kappa shape index (κ2) is 5.71. The summed E-state index contributed by atoms with van der Waals surface area (Å²) < 4.78 is 13.2. The highest BCUT2D eigenvalue weighted by molar-refractivity contribution is 5.32. The normalized spacial score (nSPS) is 19.7. The number of rotatable bonds is 4. The lowest BCUT2D eigenvalue weighted by Gasteiger charge is -2.34. The minimum atomic E-state index is 0.239. The van der Waals surface area contributed by atoms with Gasteiger partial charge in [-0.2, -0.15) is 5.10 Å². The maximum atomic E-state index is 5.92. The smallest absolute Gasteiger partial charge is 0.216 e. The predicted molar refractivity (Wildman–Crippen MR) is 89.6 cm³/mol. The quantitative estimate of drug-likeness (QED) is 0.938. The third-order valence-electron chi connectivity index (χ3n) is 4.74. The molecule has 126 valence electrons. The number of nitrogens with zero attached hydrogens (tertiary/aromatic N) is 2. The molecular weight excluding hydrogens is 290 g/mol. The van der Waals surface area contributed by atoms with E-state index in [4.69, 9.17) is 9.15 Å². The maximum absolute atomic E-state index is 5.92. The number of aryl methyl sites for hydroxylation is 3. The molecule has 0 spiro atoms. The highest BCUT2D eigenvalue weighted by Crippen LogP contribution is 2.42. The largest absolute Gasteiger partial charge is 0.481 e. The standard InChI is InChI=1S/C18H27N3O2/c1-11-7-13-15(8-18(3,4)9-16(13)23-11)19-10-14-12(2)20-21(5)17(14)22-6/h7,15,19H,8-10H2,1-6H3/t15-/m1/s1. The highest BCUT2D eigenvalue weighted by atomic mass is 16.5. The first kappa shape index (κ1) is 16.1. The summed E-state index contributed by atoms with van der Waals surface area (Å²) in [6.45, 7) is 9.40. The van der Waals surface area contributed by atoms with Gasteiger partial charge in [-0.25, -0.2) is 4.68 Å². The van der Waals surface area contributed by atoms with E-state index in [0.29, 0.717) is 6.04 Å². The molecule has 0 aliphatic heterocycles. The van der Waals surface area contributed by atoms with Crippen LogP contribution < -0.4 is 10.1 Å². The Labute approximate surface area is 138 Å². The first-order chi connectivity index (χ1) is 10.8. The number of aromatic nitrogens is 2. The molecule has 0 saturated carbocycles. The first-order valence-corrected chi connectivity index (χ1v) is 8.20. The zero-order chi connectivity index (χ0) is 16.8. The molecule has 2 heterocycles. The number of methoxy groups -OCH3 is 1. The lowest BCUT2D eigenvalue weighted by Crippen LogP contribution is -2.32. The van der Waals surface area contributed by atoms with E-state index in [1.807, 2.05) is 20.9 Å². The van der Waals surface area contributed by atoms with Crippen LogP contribution in [0.3, 0.4) is 0 Å². The third kappa shape index (κ3) is 3.02. The minimum Gasteiger partial charge on any atom is -0.481 e. The van der Waals surface area contributed by atoms with Crippen molar-refractivity contribution in [3.8, 4) is 5.88 Å². The second-order valence-electron chi connectivity index (χ2n) is 7.41. The summed E-state index contributed by atoms with van der Waals surface area (Å²) in [4.78, 5) is 0. The van der Waals surface area contributed by atoms with E-state index in [0.717, 1.165) is 48.0 Å². The Morgan fingerprint density at radius 1 is 1.43 bits per heavy atom. The van der Waals surface area contributed by atoms with Gasteiger partial charge < -0.3 is 14.5 Å². The number of furan rings is 1. The van der Waals surface area contributed by atoms with Gasteiger partial charge in [-0.1, -0.05) is 13.8 Å². The van der Waals surface area contributed by atoms with Crippen LogP contribution in [0.1, 0.15) is 54.7 Å². The van der Waals surface area contributed by atoms with Gasteiger partial charge in [0.15, 0.2) is 0 Å². The van der Waals surface area contributed by atoms with Gasteiger partial charge in [0.1, 0.15) is 11.5 Å². The van der Waals surface area contributed by atoms with Crippen LogP contribution in [-0.2, 0) is 20.0 Å². The van der Waals surface area contributed by atoms with Gasteiger partial charge in [-0.3, -0.25) is 0 Å². The van der Waals surface area contributed by atoms with Crippen LogP contribution >= 0.6 is 0 Å². The summed E-state index contributed by atoms with van der Waals surface area (Å²) >= 11 is 0. The second-order valence-corrected chi connectivity index (χ2v) is 7.41. The van der Waals surface area contributed by atoms with Crippen molar-refractivity contribution in [2.24, 2.45) is 12.5 Å². The Balaban J connectivity index is 1.83. The molecule has 0 unspecified atom stereocenters. The topological polar surface area (TPSA) is 52.2 Å². The molecule has 2 aromatic rings. The van der Waals surface area contributed by atoms with Gasteiger partial charge in [0, 0.05) is 31.6 Å². The average molecular weight is 317 g/mol. The fraction of sp³-hybridized carbons (Fsp3) is 0.611. The number of hydrogen-bond acceptors (Lipinski definition) is 4. The summed E-state index contributed by atoms with van der Waals surface area (Å²) in [6.07, 6.45) is 2.10. The fourth-order valence-electron chi connectivity index (χ4n) is 3.73. The van der Waals surface area contributed by atoms with Crippen molar-refractivity contribution in [2.75, 3.05) is 7.11 Å². The molecule has 0 saturated heterocycles. The molecule has 5 heteroatoms. The zero-order valence-electron chi connectivity index (χ0n) is 15.0. The fourth-order valence-corrected chi connectivity index (χ4v) is 3.73. The van der Waals surface area contributed by atoms with Crippen LogP contribution in [0.4, 0.5) is 0 Å². The molecule has 0 aromatic carbocycles. The summed E-state index contributed by atoms with van der Waals surface area (Å²) in [6, 6.07) is 2.48. The average Bonchev–Trinajstić information content (AvgIpc) is 2.93. The zero-order valence-corrected chi connectivity index (χ0v) is 15.0. The van der Waals surface area contributed by atoms with Crippen LogP contribution in [-0.4, -0.2) is 16.9 Å². The summed E-state index contributed by atoms with van der Waals surface area (Å²) in [7, 11) is 3.61. The van der Waals surface area contributed by atoms with Crippen LogP contribution in [0, 0.1) is 19.3 Å². The number of hydrogen-bond donors (Lipinski definition) is 1. The van der Waals surface area contributed by atoms with Gasteiger partial charge >= 0.3 is 0 Å². The van der Waals surface area contributed by atoms with Crippen LogP contribution in [0.2, 0.25) is 0 Å². The van der Waals surface area contributed by atoms with Crippen LogP contribution in [0.5, 0.6) is 5.88 Å². The molecule has 1 atom stereocenters. The summed E-state index contributed by atoms with van der Waals surface area (Å²) in [5.74, 6) is 2.95. The van der Waals surface area contributed by atoms with Crippen LogP contribution in [0.25, 0.3) is 0 Å². The molecule has 1 N–H and O–H groups in total. The Kier molecular flexibility index (Phi) is 4.00. The summed E-state index contributed by atoms with van der Waals surface area (Å²) in [5.41, 5.74) is 3.68. The Morgan fingerprint density at radius 3 is 2.87 bits per heavy atom. The van der Waals surface area contributed by atoms with E-state index in [2.05, 4.69) is 30.3 Å². The molecule has 23 heavy (non-hydrogen) atoms.